The highest BCUT2D eigenvalue weighted by Gasteiger charge is 1.78. The third kappa shape index (κ3) is 11.2. The Hall–Kier alpha value is -0.780. The molecule has 0 aliphatic rings. The van der Waals surface area contributed by atoms with Gasteiger partial charge in [0.2, 0.25) is 0 Å². The lowest BCUT2D eigenvalue weighted by Crippen LogP contribution is -1.67. The van der Waals surface area contributed by atoms with Gasteiger partial charge in [0.25, 0.3) is 0 Å². The summed E-state index contributed by atoms with van der Waals surface area (Å²) < 4.78 is 0. The summed E-state index contributed by atoms with van der Waals surface area (Å²) in [6.45, 7) is 5.89. The molecule has 0 radical (unpaired) electrons. The van der Waals surface area contributed by atoms with Crippen LogP contribution in [0.25, 0.3) is 0 Å². The average Bonchev–Trinajstić information content (AvgIpc) is 2.16. The van der Waals surface area contributed by atoms with Gasteiger partial charge in [-0.05, 0) is 32.1 Å². The van der Waals surface area contributed by atoms with Crippen LogP contribution >= 0.6 is 0 Å². The predicted molar refractivity (Wildman–Crippen MR) is 61.9 cm³/mol. The van der Waals surface area contributed by atoms with E-state index >= 15 is 0 Å². The molecular formula is C13H22. The molecule has 0 aliphatic heterocycles. The van der Waals surface area contributed by atoms with E-state index in [1.165, 1.54) is 25.7 Å². The fourth-order valence-corrected chi connectivity index (χ4v) is 1.04. The molecule has 74 valence electrons. The fourth-order valence-electron chi connectivity index (χ4n) is 1.04. The Kier molecular flexibility index (Phi) is 10.5. The summed E-state index contributed by atoms with van der Waals surface area (Å²) in [5, 5.41) is 0. The molecule has 0 saturated heterocycles. The molecule has 0 aromatic heterocycles. The van der Waals surface area contributed by atoms with E-state index in [4.69, 9.17) is 0 Å². The van der Waals surface area contributed by atoms with Crippen LogP contribution in [-0.2, 0) is 0 Å². The minimum atomic E-state index is 1.10. The van der Waals surface area contributed by atoms with Crippen LogP contribution in [0.4, 0.5) is 0 Å². The second-order valence-electron chi connectivity index (χ2n) is 3.17. The van der Waals surface area contributed by atoms with Gasteiger partial charge in [-0.3, -0.25) is 0 Å². The summed E-state index contributed by atoms with van der Waals surface area (Å²) in [6, 6.07) is 0. The lowest BCUT2D eigenvalue weighted by molar-refractivity contribution is 0.941. The van der Waals surface area contributed by atoms with Crippen LogP contribution in [0, 0.1) is 0 Å². The molecule has 0 aromatic carbocycles. The van der Waals surface area contributed by atoms with Crippen LogP contribution in [0.3, 0.4) is 0 Å². The molecule has 0 heterocycles. The summed E-state index contributed by atoms with van der Waals surface area (Å²) in [6.07, 6.45) is 18.1. The van der Waals surface area contributed by atoms with E-state index in [0.29, 0.717) is 0 Å². The molecule has 0 atom stereocenters. The third-order valence-corrected chi connectivity index (χ3v) is 1.83. The average molecular weight is 178 g/mol. The van der Waals surface area contributed by atoms with Crippen LogP contribution < -0.4 is 0 Å². The highest BCUT2D eigenvalue weighted by Crippen LogP contribution is 1.98. The van der Waals surface area contributed by atoms with E-state index in [2.05, 4.69) is 37.8 Å². The maximum absolute atomic E-state index is 3.68. The number of allylic oxidation sites excluding steroid dienone is 5. The molecule has 0 aromatic rings. The van der Waals surface area contributed by atoms with Crippen molar-refractivity contribution in [3.8, 4) is 0 Å². The second kappa shape index (κ2) is 11.2. The quantitative estimate of drug-likeness (QED) is 0.375. The first-order valence-electron chi connectivity index (χ1n) is 5.32. The van der Waals surface area contributed by atoms with Gasteiger partial charge < -0.3 is 0 Å². The van der Waals surface area contributed by atoms with E-state index < -0.39 is 0 Å². The van der Waals surface area contributed by atoms with Gasteiger partial charge in [0.05, 0.1) is 0 Å². The van der Waals surface area contributed by atoms with E-state index in [-0.39, 0.29) is 0 Å². The molecule has 0 amide bonds. The lowest BCUT2D eigenvalue weighted by atomic mass is 10.2. The normalized spacial score (nSPS) is 11.5. The van der Waals surface area contributed by atoms with Crippen molar-refractivity contribution in [2.24, 2.45) is 0 Å². The summed E-state index contributed by atoms with van der Waals surface area (Å²) in [4.78, 5) is 0. The molecule has 0 saturated carbocycles. The Morgan fingerprint density at radius 2 is 1.23 bits per heavy atom. The number of hydrogen-bond donors (Lipinski definition) is 0. The first-order valence-corrected chi connectivity index (χ1v) is 5.32. The van der Waals surface area contributed by atoms with Crippen LogP contribution in [-0.4, -0.2) is 0 Å². The molecular weight excluding hydrogens is 156 g/mol. The fraction of sp³-hybridized carbons (Fsp3) is 0.538. The van der Waals surface area contributed by atoms with E-state index in [1.54, 1.807) is 0 Å². The Balaban J connectivity index is 3.14. The lowest BCUT2D eigenvalue weighted by Gasteiger charge is -1.88. The molecule has 13 heavy (non-hydrogen) atoms. The Labute approximate surface area is 83.0 Å². The highest BCUT2D eigenvalue weighted by atomic mass is 13.8. The molecule has 0 N–H and O–H groups in total. The van der Waals surface area contributed by atoms with Crippen molar-refractivity contribution < 1.29 is 0 Å². The minimum Gasteiger partial charge on any atom is -0.103 e. The SMILES string of the molecule is C=CCCC=CCCC=CCCC. The zero-order valence-corrected chi connectivity index (χ0v) is 8.84. The van der Waals surface area contributed by atoms with Gasteiger partial charge in [0.15, 0.2) is 0 Å². The molecule has 0 nitrogen and oxygen atoms in total. The van der Waals surface area contributed by atoms with Crippen molar-refractivity contribution in [3.05, 3.63) is 37.0 Å². The van der Waals surface area contributed by atoms with Gasteiger partial charge in [-0.1, -0.05) is 43.7 Å². The maximum Gasteiger partial charge on any atom is -0.0316 e. The summed E-state index contributed by atoms with van der Waals surface area (Å²) in [5.74, 6) is 0. The molecule has 0 rings (SSSR count). The van der Waals surface area contributed by atoms with Crippen LogP contribution in [0.1, 0.15) is 45.4 Å². The molecule has 0 aliphatic carbocycles. The van der Waals surface area contributed by atoms with E-state index in [1.807, 2.05) is 6.08 Å². The molecule has 0 fully saturated rings. The van der Waals surface area contributed by atoms with Crippen molar-refractivity contribution >= 4 is 0 Å². The van der Waals surface area contributed by atoms with Crippen molar-refractivity contribution in [1.29, 1.82) is 0 Å². The molecule has 0 heteroatoms. The van der Waals surface area contributed by atoms with Crippen LogP contribution in [0.5, 0.6) is 0 Å². The number of rotatable bonds is 8. The monoisotopic (exact) mass is 178 g/mol. The van der Waals surface area contributed by atoms with E-state index in [9.17, 15) is 0 Å². The first-order chi connectivity index (χ1) is 6.41. The van der Waals surface area contributed by atoms with Gasteiger partial charge in [-0.25, -0.2) is 0 Å². The predicted octanol–water partition coefficient (Wildman–Crippen LogP) is 4.65. The topological polar surface area (TPSA) is 0 Å². The maximum atomic E-state index is 3.68. The van der Waals surface area contributed by atoms with Crippen molar-refractivity contribution in [1.82, 2.24) is 0 Å². The molecule has 0 unspecified atom stereocenters. The second-order valence-corrected chi connectivity index (χ2v) is 3.17. The van der Waals surface area contributed by atoms with E-state index in [0.717, 1.165) is 12.8 Å². The zero-order chi connectivity index (χ0) is 9.78. The molecule has 0 bridgehead atoms. The Bertz CT molecular complexity index is 151. The Morgan fingerprint density at radius 3 is 1.69 bits per heavy atom. The largest absolute Gasteiger partial charge is 0.103 e. The summed E-state index contributed by atoms with van der Waals surface area (Å²) in [5.41, 5.74) is 0. The van der Waals surface area contributed by atoms with Gasteiger partial charge >= 0.3 is 0 Å². The first kappa shape index (κ1) is 12.2. The van der Waals surface area contributed by atoms with Gasteiger partial charge in [-0.15, -0.1) is 6.58 Å². The minimum absolute atomic E-state index is 1.10. The van der Waals surface area contributed by atoms with Gasteiger partial charge in [0, 0.05) is 0 Å². The standard InChI is InChI=1S/C13H22/c1-3-5-7-9-11-13-12-10-8-6-4-2/h3,8-11H,1,4-7,12-13H2,2H3. The molecule has 0 spiro atoms. The summed E-state index contributed by atoms with van der Waals surface area (Å²) >= 11 is 0. The van der Waals surface area contributed by atoms with Gasteiger partial charge in [-0.2, -0.15) is 0 Å². The number of hydrogen-bond acceptors (Lipinski definition) is 0. The van der Waals surface area contributed by atoms with Gasteiger partial charge in [0.1, 0.15) is 0 Å². The zero-order valence-electron chi connectivity index (χ0n) is 8.84. The van der Waals surface area contributed by atoms with Crippen molar-refractivity contribution in [2.45, 2.75) is 45.4 Å². The van der Waals surface area contributed by atoms with Crippen LogP contribution in [0.2, 0.25) is 0 Å². The smallest absolute Gasteiger partial charge is 0.0316 e. The van der Waals surface area contributed by atoms with Crippen molar-refractivity contribution in [3.63, 3.8) is 0 Å². The Morgan fingerprint density at radius 1 is 0.769 bits per heavy atom. The third-order valence-electron chi connectivity index (χ3n) is 1.83. The summed E-state index contributed by atoms with van der Waals surface area (Å²) in [7, 11) is 0. The number of unbranched alkanes of at least 4 members (excludes halogenated alkanes) is 3. The highest BCUT2D eigenvalue weighted by molar-refractivity contribution is 4.88. The van der Waals surface area contributed by atoms with Crippen molar-refractivity contribution in [2.75, 3.05) is 0 Å². The van der Waals surface area contributed by atoms with Crippen LogP contribution in [0.15, 0.2) is 37.0 Å².